The van der Waals surface area contributed by atoms with E-state index in [1.165, 1.54) is 18.1 Å². The van der Waals surface area contributed by atoms with Crippen LogP contribution in [0.5, 0.6) is 0 Å². The Kier molecular flexibility index (Phi) is 3.03. The van der Waals surface area contributed by atoms with E-state index >= 15 is 0 Å². The molecule has 0 amide bonds. The molecule has 2 heterocycles. The second-order valence-electron chi connectivity index (χ2n) is 2.42. The van der Waals surface area contributed by atoms with E-state index < -0.39 is 0 Å². The summed E-state index contributed by atoms with van der Waals surface area (Å²) in [6.45, 7) is 0. The van der Waals surface area contributed by atoms with E-state index in [0.717, 1.165) is 0 Å². The standard InChI is InChI=1S/C6H4Cl2N6S/c1-14-6(9-2-10-14)15-5-12-3(7)11-4(8)13-5/h2H,1H3. The normalized spacial score (nSPS) is 10.6. The molecular formula is C6H4Cl2N6S. The van der Waals surface area contributed by atoms with Crippen molar-refractivity contribution in [2.24, 2.45) is 7.05 Å². The molecule has 0 aliphatic carbocycles. The zero-order valence-corrected chi connectivity index (χ0v) is 9.75. The number of halogens is 2. The number of aromatic nitrogens is 6. The van der Waals surface area contributed by atoms with Crippen molar-refractivity contribution in [3.63, 3.8) is 0 Å². The molecule has 0 radical (unpaired) electrons. The Morgan fingerprint density at radius 2 is 1.87 bits per heavy atom. The van der Waals surface area contributed by atoms with Gasteiger partial charge in [0.1, 0.15) is 6.33 Å². The molecular weight excluding hydrogens is 259 g/mol. The first-order valence-electron chi connectivity index (χ1n) is 3.74. The lowest BCUT2D eigenvalue weighted by atomic mass is 11.1. The van der Waals surface area contributed by atoms with E-state index in [1.807, 2.05) is 0 Å². The van der Waals surface area contributed by atoms with Gasteiger partial charge in [-0.3, -0.25) is 0 Å². The smallest absolute Gasteiger partial charge is 0.227 e. The SMILES string of the molecule is Cn1ncnc1Sc1nc(Cl)nc(Cl)n1. The van der Waals surface area contributed by atoms with E-state index in [9.17, 15) is 0 Å². The highest BCUT2D eigenvalue weighted by molar-refractivity contribution is 7.99. The first kappa shape index (κ1) is 10.6. The monoisotopic (exact) mass is 262 g/mol. The van der Waals surface area contributed by atoms with Crippen molar-refractivity contribution < 1.29 is 0 Å². The molecule has 2 rings (SSSR count). The van der Waals surface area contributed by atoms with Crippen molar-refractivity contribution in [1.82, 2.24) is 29.7 Å². The molecule has 0 aromatic carbocycles. The zero-order valence-electron chi connectivity index (χ0n) is 7.42. The van der Waals surface area contributed by atoms with Crippen molar-refractivity contribution in [3.05, 3.63) is 16.9 Å². The third-order valence-corrected chi connectivity index (χ3v) is 2.67. The third kappa shape index (κ3) is 2.55. The number of aryl methyl sites for hydroxylation is 1. The molecule has 0 spiro atoms. The summed E-state index contributed by atoms with van der Waals surface area (Å²) in [4.78, 5) is 15.4. The van der Waals surface area contributed by atoms with Crippen LogP contribution in [0, 0.1) is 0 Å². The van der Waals surface area contributed by atoms with Crippen LogP contribution in [0.25, 0.3) is 0 Å². The average molecular weight is 263 g/mol. The molecule has 78 valence electrons. The Bertz CT molecular complexity index is 466. The third-order valence-electron chi connectivity index (χ3n) is 1.41. The summed E-state index contributed by atoms with van der Waals surface area (Å²) < 4.78 is 1.59. The Hall–Kier alpha value is -0.920. The molecule has 0 saturated carbocycles. The summed E-state index contributed by atoms with van der Waals surface area (Å²) in [7, 11) is 1.76. The topological polar surface area (TPSA) is 69.4 Å². The van der Waals surface area contributed by atoms with Crippen LogP contribution in [-0.4, -0.2) is 29.7 Å². The molecule has 0 N–H and O–H groups in total. The lowest BCUT2D eigenvalue weighted by Gasteiger charge is -1.99. The van der Waals surface area contributed by atoms with Gasteiger partial charge in [0.2, 0.25) is 15.7 Å². The van der Waals surface area contributed by atoms with Gasteiger partial charge in [-0.25, -0.2) is 9.67 Å². The second-order valence-corrected chi connectivity index (χ2v) is 4.03. The Morgan fingerprint density at radius 1 is 1.20 bits per heavy atom. The van der Waals surface area contributed by atoms with Gasteiger partial charge in [-0.2, -0.15) is 20.1 Å². The van der Waals surface area contributed by atoms with Crippen molar-refractivity contribution in [2.75, 3.05) is 0 Å². The van der Waals surface area contributed by atoms with Gasteiger partial charge < -0.3 is 0 Å². The first-order chi connectivity index (χ1) is 7.15. The van der Waals surface area contributed by atoms with Crippen molar-refractivity contribution in [3.8, 4) is 0 Å². The van der Waals surface area contributed by atoms with E-state index in [-0.39, 0.29) is 10.6 Å². The van der Waals surface area contributed by atoms with Crippen LogP contribution in [-0.2, 0) is 7.05 Å². The van der Waals surface area contributed by atoms with Gasteiger partial charge in [-0.05, 0) is 35.0 Å². The maximum atomic E-state index is 5.63. The number of hydrogen-bond donors (Lipinski definition) is 0. The maximum absolute atomic E-state index is 5.63. The van der Waals surface area contributed by atoms with Crippen molar-refractivity contribution in [1.29, 1.82) is 0 Å². The highest BCUT2D eigenvalue weighted by atomic mass is 35.5. The predicted octanol–water partition coefficient (Wildman–Crippen LogP) is 1.46. The fraction of sp³-hybridized carbons (Fsp3) is 0.167. The molecule has 0 saturated heterocycles. The summed E-state index contributed by atoms with van der Waals surface area (Å²) in [6.07, 6.45) is 1.44. The molecule has 0 aliphatic rings. The highest BCUT2D eigenvalue weighted by Crippen LogP contribution is 2.22. The molecule has 0 aliphatic heterocycles. The molecule has 15 heavy (non-hydrogen) atoms. The van der Waals surface area contributed by atoms with Crippen LogP contribution in [0.2, 0.25) is 10.6 Å². The highest BCUT2D eigenvalue weighted by Gasteiger charge is 2.08. The summed E-state index contributed by atoms with van der Waals surface area (Å²) in [5.74, 6) is 0. The summed E-state index contributed by atoms with van der Waals surface area (Å²) >= 11 is 12.5. The minimum Gasteiger partial charge on any atom is -0.244 e. The fourth-order valence-electron chi connectivity index (χ4n) is 0.814. The van der Waals surface area contributed by atoms with Gasteiger partial charge in [0.25, 0.3) is 0 Å². The molecule has 2 aromatic rings. The van der Waals surface area contributed by atoms with Crippen molar-refractivity contribution >= 4 is 35.0 Å². The van der Waals surface area contributed by atoms with Crippen LogP contribution in [0.1, 0.15) is 0 Å². The van der Waals surface area contributed by atoms with Crippen LogP contribution in [0.3, 0.4) is 0 Å². The van der Waals surface area contributed by atoms with Crippen LogP contribution >= 0.6 is 35.0 Å². The first-order valence-corrected chi connectivity index (χ1v) is 5.31. The van der Waals surface area contributed by atoms with E-state index in [0.29, 0.717) is 10.3 Å². The second kappa shape index (κ2) is 4.30. The number of rotatable bonds is 2. The van der Waals surface area contributed by atoms with E-state index in [1.54, 1.807) is 11.7 Å². The van der Waals surface area contributed by atoms with Gasteiger partial charge in [0, 0.05) is 7.05 Å². The Labute approximate surface area is 99.1 Å². The maximum Gasteiger partial charge on any atom is 0.227 e. The largest absolute Gasteiger partial charge is 0.244 e. The lowest BCUT2D eigenvalue weighted by molar-refractivity contribution is 0.683. The minimum atomic E-state index is 0.0552. The lowest BCUT2D eigenvalue weighted by Crippen LogP contribution is -1.96. The van der Waals surface area contributed by atoms with E-state index in [4.69, 9.17) is 23.2 Å². The van der Waals surface area contributed by atoms with Crippen molar-refractivity contribution in [2.45, 2.75) is 10.3 Å². The summed E-state index contributed by atoms with van der Waals surface area (Å²) in [6, 6.07) is 0. The molecule has 9 heteroatoms. The Balaban J connectivity index is 2.28. The summed E-state index contributed by atoms with van der Waals surface area (Å²) in [5, 5.41) is 5.05. The molecule has 2 aromatic heterocycles. The number of nitrogens with zero attached hydrogens (tertiary/aromatic N) is 6. The van der Waals surface area contributed by atoms with Gasteiger partial charge in [-0.15, -0.1) is 0 Å². The van der Waals surface area contributed by atoms with Gasteiger partial charge in [0.15, 0.2) is 5.16 Å². The minimum absolute atomic E-state index is 0.0552. The predicted molar refractivity (Wildman–Crippen MR) is 55.0 cm³/mol. The molecule has 0 unspecified atom stereocenters. The molecule has 6 nitrogen and oxygen atoms in total. The molecule has 0 atom stereocenters. The van der Waals surface area contributed by atoms with Gasteiger partial charge in [0.05, 0.1) is 0 Å². The molecule has 0 fully saturated rings. The number of hydrogen-bond acceptors (Lipinski definition) is 6. The van der Waals surface area contributed by atoms with Crippen LogP contribution < -0.4 is 0 Å². The fourth-order valence-corrected chi connectivity index (χ4v) is 1.98. The van der Waals surface area contributed by atoms with Crippen LogP contribution in [0.15, 0.2) is 16.6 Å². The quantitative estimate of drug-likeness (QED) is 0.816. The van der Waals surface area contributed by atoms with E-state index in [2.05, 4.69) is 25.0 Å². The zero-order chi connectivity index (χ0) is 10.8. The van der Waals surface area contributed by atoms with Gasteiger partial charge in [-0.1, -0.05) is 0 Å². The van der Waals surface area contributed by atoms with Crippen LogP contribution in [0.4, 0.5) is 0 Å². The van der Waals surface area contributed by atoms with Gasteiger partial charge >= 0.3 is 0 Å². The molecule has 0 bridgehead atoms. The summed E-state index contributed by atoms with van der Waals surface area (Å²) in [5.41, 5.74) is 0. The Morgan fingerprint density at radius 3 is 2.40 bits per heavy atom. The average Bonchev–Trinajstić information content (AvgIpc) is 2.50.